The van der Waals surface area contributed by atoms with Crippen LogP contribution in [0.2, 0.25) is 0 Å². The molecular weight excluding hydrogens is 292 g/mol. The average molecular weight is 310 g/mol. The molecule has 0 spiro atoms. The fourth-order valence-corrected chi connectivity index (χ4v) is 2.85. The van der Waals surface area contributed by atoms with Crippen LogP contribution in [0.3, 0.4) is 0 Å². The third-order valence-corrected chi connectivity index (χ3v) is 4.23. The van der Waals surface area contributed by atoms with Crippen LogP contribution in [0.4, 0.5) is 10.5 Å². The second-order valence-electron chi connectivity index (χ2n) is 5.89. The quantitative estimate of drug-likeness (QED) is 0.914. The van der Waals surface area contributed by atoms with Crippen molar-refractivity contribution >= 4 is 11.7 Å². The Morgan fingerprint density at radius 2 is 1.70 bits per heavy atom. The summed E-state index contributed by atoms with van der Waals surface area (Å²) in [6.45, 7) is 1.14. The first-order valence-corrected chi connectivity index (χ1v) is 7.80. The number of nitrogens with one attached hydrogen (secondary N) is 2. The zero-order valence-corrected chi connectivity index (χ0v) is 12.7. The van der Waals surface area contributed by atoms with Crippen LogP contribution in [0.25, 0.3) is 0 Å². The molecule has 118 valence electrons. The van der Waals surface area contributed by atoms with Crippen molar-refractivity contribution in [3.05, 3.63) is 54.1 Å². The number of urea groups is 1. The number of ether oxygens (including phenoxy) is 2. The Bertz CT molecular complexity index is 726. The predicted octanol–water partition coefficient (Wildman–Crippen LogP) is 3.27. The van der Waals surface area contributed by atoms with Gasteiger partial charge in [-0.05, 0) is 42.7 Å². The molecule has 4 rings (SSSR count). The fourth-order valence-electron chi connectivity index (χ4n) is 2.85. The smallest absolute Gasteiger partial charge is 0.319 e. The Labute approximate surface area is 134 Å². The highest BCUT2D eigenvalue weighted by Crippen LogP contribution is 2.47. The maximum Gasteiger partial charge on any atom is 0.319 e. The molecule has 2 aromatic rings. The molecule has 2 aromatic carbocycles. The highest BCUT2D eigenvalue weighted by Gasteiger charge is 2.46. The summed E-state index contributed by atoms with van der Waals surface area (Å²) >= 11 is 0. The van der Waals surface area contributed by atoms with Gasteiger partial charge in [-0.15, -0.1) is 0 Å². The van der Waals surface area contributed by atoms with E-state index in [1.165, 1.54) is 0 Å². The van der Waals surface area contributed by atoms with E-state index in [0.29, 0.717) is 13.2 Å². The number of carbonyl (C=O) groups is 1. The van der Waals surface area contributed by atoms with Crippen molar-refractivity contribution in [1.29, 1.82) is 0 Å². The summed E-state index contributed by atoms with van der Waals surface area (Å²) in [7, 11) is 0. The largest absolute Gasteiger partial charge is 0.486 e. The molecule has 5 heteroatoms. The molecule has 0 unspecified atom stereocenters. The van der Waals surface area contributed by atoms with E-state index >= 15 is 0 Å². The summed E-state index contributed by atoms with van der Waals surface area (Å²) < 4.78 is 11.2. The molecule has 1 heterocycles. The Hall–Kier alpha value is -2.69. The Kier molecular flexibility index (Phi) is 3.33. The molecule has 0 aromatic heterocycles. The van der Waals surface area contributed by atoms with E-state index in [0.717, 1.165) is 35.6 Å². The zero-order chi connectivity index (χ0) is 15.7. The molecule has 0 radical (unpaired) electrons. The predicted molar refractivity (Wildman–Crippen MR) is 86.9 cm³/mol. The lowest BCUT2D eigenvalue weighted by molar-refractivity contribution is 0.171. The van der Waals surface area contributed by atoms with Crippen molar-refractivity contribution < 1.29 is 14.3 Å². The summed E-state index contributed by atoms with van der Waals surface area (Å²) in [4.78, 5) is 12.3. The SMILES string of the molecule is O=C(Nc1ccccc1)NC1(c2ccc3c(c2)OCCO3)CC1. The number of hydrogen-bond donors (Lipinski definition) is 2. The van der Waals surface area contributed by atoms with Crippen LogP contribution in [0.15, 0.2) is 48.5 Å². The number of benzene rings is 2. The van der Waals surface area contributed by atoms with Crippen LogP contribution in [-0.2, 0) is 5.54 Å². The molecule has 0 bridgehead atoms. The summed E-state index contributed by atoms with van der Waals surface area (Å²) in [6, 6.07) is 15.1. The molecule has 0 atom stereocenters. The van der Waals surface area contributed by atoms with E-state index in [1.807, 2.05) is 48.5 Å². The molecule has 1 fully saturated rings. The summed E-state index contributed by atoms with van der Waals surface area (Å²) in [5.74, 6) is 1.52. The molecule has 1 saturated carbocycles. The number of hydrogen-bond acceptors (Lipinski definition) is 3. The van der Waals surface area contributed by atoms with Gasteiger partial charge in [0, 0.05) is 5.69 Å². The van der Waals surface area contributed by atoms with E-state index in [2.05, 4.69) is 10.6 Å². The van der Waals surface area contributed by atoms with E-state index in [1.54, 1.807) is 0 Å². The molecule has 2 amide bonds. The van der Waals surface area contributed by atoms with Crippen LogP contribution in [-0.4, -0.2) is 19.2 Å². The summed E-state index contributed by atoms with van der Waals surface area (Å²) in [5.41, 5.74) is 1.54. The topological polar surface area (TPSA) is 59.6 Å². The second kappa shape index (κ2) is 5.50. The van der Waals surface area contributed by atoms with Gasteiger partial charge in [-0.3, -0.25) is 0 Å². The van der Waals surface area contributed by atoms with Crippen molar-refractivity contribution in [3.63, 3.8) is 0 Å². The molecule has 5 nitrogen and oxygen atoms in total. The van der Waals surface area contributed by atoms with Crippen molar-refractivity contribution in [3.8, 4) is 11.5 Å². The van der Waals surface area contributed by atoms with Gasteiger partial charge in [0.05, 0.1) is 5.54 Å². The minimum Gasteiger partial charge on any atom is -0.486 e. The maximum absolute atomic E-state index is 12.3. The molecule has 1 aliphatic carbocycles. The molecule has 2 aliphatic rings. The maximum atomic E-state index is 12.3. The van der Waals surface area contributed by atoms with Gasteiger partial charge >= 0.3 is 6.03 Å². The number of para-hydroxylation sites is 1. The van der Waals surface area contributed by atoms with E-state index in [9.17, 15) is 4.79 Å². The lowest BCUT2D eigenvalue weighted by Crippen LogP contribution is -2.38. The highest BCUT2D eigenvalue weighted by atomic mass is 16.6. The average Bonchev–Trinajstić information content (AvgIpc) is 3.36. The molecule has 23 heavy (non-hydrogen) atoms. The van der Waals surface area contributed by atoms with Gasteiger partial charge in [0.25, 0.3) is 0 Å². The minimum atomic E-state index is -0.297. The number of fused-ring (bicyclic) bond motifs is 1. The third kappa shape index (κ3) is 2.82. The molecule has 2 N–H and O–H groups in total. The number of rotatable bonds is 3. The lowest BCUT2D eigenvalue weighted by atomic mass is 10.0. The molecule has 0 saturated heterocycles. The van der Waals surface area contributed by atoms with Crippen molar-refractivity contribution in [2.45, 2.75) is 18.4 Å². The first kappa shape index (κ1) is 13.9. The Morgan fingerprint density at radius 1 is 0.957 bits per heavy atom. The van der Waals surface area contributed by atoms with Crippen LogP contribution in [0.1, 0.15) is 18.4 Å². The van der Waals surface area contributed by atoms with Gasteiger partial charge in [-0.1, -0.05) is 24.3 Å². The monoisotopic (exact) mass is 310 g/mol. The normalized spacial score (nSPS) is 17.2. The molecule has 1 aliphatic heterocycles. The first-order chi connectivity index (χ1) is 11.3. The van der Waals surface area contributed by atoms with Crippen molar-refractivity contribution in [1.82, 2.24) is 5.32 Å². The number of anilines is 1. The second-order valence-corrected chi connectivity index (χ2v) is 5.89. The Morgan fingerprint density at radius 3 is 2.43 bits per heavy atom. The van der Waals surface area contributed by atoms with Crippen molar-refractivity contribution in [2.24, 2.45) is 0 Å². The van der Waals surface area contributed by atoms with Crippen LogP contribution in [0.5, 0.6) is 11.5 Å². The van der Waals surface area contributed by atoms with Gasteiger partial charge < -0.3 is 20.1 Å². The minimum absolute atomic E-state index is 0.191. The van der Waals surface area contributed by atoms with E-state index < -0.39 is 0 Å². The van der Waals surface area contributed by atoms with Crippen LogP contribution >= 0.6 is 0 Å². The van der Waals surface area contributed by atoms with Crippen LogP contribution < -0.4 is 20.1 Å². The van der Waals surface area contributed by atoms with Gasteiger partial charge in [-0.2, -0.15) is 0 Å². The summed E-state index contributed by atoms with van der Waals surface area (Å²) in [5, 5.41) is 5.96. The van der Waals surface area contributed by atoms with E-state index in [-0.39, 0.29) is 11.6 Å². The van der Waals surface area contributed by atoms with Gasteiger partial charge in [0.15, 0.2) is 11.5 Å². The number of amides is 2. The molecular formula is C18H18N2O3. The first-order valence-electron chi connectivity index (χ1n) is 7.80. The number of carbonyl (C=O) groups excluding carboxylic acids is 1. The van der Waals surface area contributed by atoms with E-state index in [4.69, 9.17) is 9.47 Å². The third-order valence-electron chi connectivity index (χ3n) is 4.23. The Balaban J connectivity index is 1.49. The summed E-state index contributed by atoms with van der Waals surface area (Å²) in [6.07, 6.45) is 1.85. The highest BCUT2D eigenvalue weighted by molar-refractivity contribution is 5.90. The van der Waals surface area contributed by atoms with Gasteiger partial charge in [0.2, 0.25) is 0 Å². The lowest BCUT2D eigenvalue weighted by Gasteiger charge is -2.23. The van der Waals surface area contributed by atoms with Crippen molar-refractivity contribution in [2.75, 3.05) is 18.5 Å². The standard InChI is InChI=1S/C18H18N2O3/c21-17(19-14-4-2-1-3-5-14)20-18(8-9-18)13-6-7-15-16(12-13)23-11-10-22-15/h1-7,12H,8-11H2,(H2,19,20,21). The van der Waals surface area contributed by atoms with Gasteiger partial charge in [0.1, 0.15) is 13.2 Å². The van der Waals surface area contributed by atoms with Crippen LogP contribution in [0, 0.1) is 0 Å². The van der Waals surface area contributed by atoms with Gasteiger partial charge in [-0.25, -0.2) is 4.79 Å². The fraction of sp³-hybridized carbons (Fsp3) is 0.278. The zero-order valence-electron chi connectivity index (χ0n) is 12.7.